The highest BCUT2D eigenvalue weighted by Gasteiger charge is 2.27. The maximum atomic E-state index is 11.0. The number of carbonyl (C=O) groups is 1. The van der Waals surface area contributed by atoms with Gasteiger partial charge in [-0.1, -0.05) is 12.1 Å². The van der Waals surface area contributed by atoms with Gasteiger partial charge in [-0.2, -0.15) is 0 Å². The normalized spacial score (nSPS) is 21.2. The number of ether oxygens (including phenoxy) is 1. The summed E-state index contributed by atoms with van der Waals surface area (Å²) >= 11 is 0. The number of carboxylic acids is 1. The van der Waals surface area contributed by atoms with Crippen molar-refractivity contribution in [3.63, 3.8) is 0 Å². The summed E-state index contributed by atoms with van der Waals surface area (Å²) in [5.74, 6) is -0.348. The number of aliphatic carboxylic acids is 1. The fourth-order valence-corrected chi connectivity index (χ4v) is 2.34. The monoisotopic (exact) mass is 243 g/mol. The fourth-order valence-electron chi connectivity index (χ4n) is 2.34. The van der Waals surface area contributed by atoms with Crippen LogP contribution in [0.3, 0.4) is 0 Å². The molecule has 0 fully saturated rings. The number of hydrogen-bond donors (Lipinski definition) is 2. The minimum atomic E-state index is -0.763. The first-order valence-corrected chi connectivity index (χ1v) is 5.88. The number of carboxylic acid groups (broad SMARTS) is 1. The molecule has 0 bridgehead atoms. The molecule has 92 valence electrons. The van der Waals surface area contributed by atoms with E-state index in [4.69, 9.17) is 9.84 Å². The maximum Gasteiger partial charge on any atom is 0.308 e. The van der Waals surface area contributed by atoms with E-state index in [-0.39, 0.29) is 5.92 Å². The van der Waals surface area contributed by atoms with Crippen LogP contribution in [-0.2, 0) is 4.79 Å². The molecule has 1 aromatic rings. The summed E-state index contributed by atoms with van der Waals surface area (Å²) in [5, 5.41) is 12.3. The van der Waals surface area contributed by atoms with Gasteiger partial charge in [0.2, 0.25) is 0 Å². The lowest BCUT2D eigenvalue weighted by Crippen LogP contribution is -2.32. The summed E-state index contributed by atoms with van der Waals surface area (Å²) in [5.41, 5.74) is 2.96. The summed E-state index contributed by atoms with van der Waals surface area (Å²) < 4.78 is 5.53. The molecule has 18 heavy (non-hydrogen) atoms. The van der Waals surface area contributed by atoms with Gasteiger partial charge in [0.25, 0.3) is 0 Å². The van der Waals surface area contributed by atoms with Crippen molar-refractivity contribution in [2.75, 3.05) is 6.54 Å². The van der Waals surface area contributed by atoms with Crippen molar-refractivity contribution in [1.29, 1.82) is 0 Å². The van der Waals surface area contributed by atoms with Gasteiger partial charge in [-0.3, -0.25) is 4.79 Å². The number of para-hydroxylation sites is 1. The first kappa shape index (κ1) is 10.9. The minimum absolute atomic E-state index is 0.376. The van der Waals surface area contributed by atoms with E-state index >= 15 is 0 Å². The van der Waals surface area contributed by atoms with E-state index in [1.165, 1.54) is 0 Å². The third-order valence-corrected chi connectivity index (χ3v) is 3.28. The van der Waals surface area contributed by atoms with Crippen molar-refractivity contribution in [3.8, 4) is 5.75 Å². The molecule has 2 aliphatic heterocycles. The smallest absolute Gasteiger partial charge is 0.308 e. The van der Waals surface area contributed by atoms with E-state index in [0.29, 0.717) is 13.0 Å². The van der Waals surface area contributed by atoms with Gasteiger partial charge in [0.1, 0.15) is 5.75 Å². The molecule has 2 heterocycles. The summed E-state index contributed by atoms with van der Waals surface area (Å²) in [4.78, 5) is 11.0. The molecular weight excluding hydrogens is 230 g/mol. The first-order chi connectivity index (χ1) is 8.75. The summed E-state index contributed by atoms with van der Waals surface area (Å²) in [7, 11) is 0. The van der Waals surface area contributed by atoms with E-state index in [1.54, 1.807) is 6.26 Å². The minimum Gasteiger partial charge on any atom is -0.481 e. The maximum absolute atomic E-state index is 11.0. The largest absolute Gasteiger partial charge is 0.481 e. The molecule has 4 nitrogen and oxygen atoms in total. The number of allylic oxidation sites excluding steroid dienone is 2. The number of nitrogens with one attached hydrogen (secondary N) is 1. The van der Waals surface area contributed by atoms with Gasteiger partial charge in [0, 0.05) is 17.8 Å². The molecule has 0 radical (unpaired) electrons. The highest BCUT2D eigenvalue weighted by atomic mass is 16.5. The SMILES string of the molecule is O=C(O)C1CNC2=C(C=COc3ccccc32)C1. The number of fused-ring (bicyclic) bond motifs is 2. The first-order valence-electron chi connectivity index (χ1n) is 5.88. The molecule has 0 amide bonds. The standard InChI is InChI=1S/C14H13NO3/c16-14(17)10-7-9-5-6-18-12-4-2-1-3-11(12)13(9)15-8-10/h1-6,10,15H,7-8H2,(H,16,17). The van der Waals surface area contributed by atoms with Gasteiger partial charge >= 0.3 is 5.97 Å². The highest BCUT2D eigenvalue weighted by molar-refractivity contribution is 5.79. The van der Waals surface area contributed by atoms with Crippen LogP contribution in [0.1, 0.15) is 12.0 Å². The molecule has 3 rings (SSSR count). The quantitative estimate of drug-likeness (QED) is 0.792. The fraction of sp³-hybridized carbons (Fsp3) is 0.214. The van der Waals surface area contributed by atoms with Gasteiger partial charge < -0.3 is 15.2 Å². The predicted molar refractivity (Wildman–Crippen MR) is 66.9 cm³/mol. The summed E-state index contributed by atoms with van der Waals surface area (Å²) in [6.07, 6.45) is 4.00. The Labute approximate surface area is 105 Å². The van der Waals surface area contributed by atoms with Gasteiger partial charge in [0.05, 0.1) is 12.2 Å². The lowest BCUT2D eigenvalue weighted by molar-refractivity contribution is -0.141. The molecule has 0 aliphatic carbocycles. The third-order valence-electron chi connectivity index (χ3n) is 3.28. The van der Waals surface area contributed by atoms with Crippen molar-refractivity contribution >= 4 is 11.7 Å². The zero-order chi connectivity index (χ0) is 12.5. The van der Waals surface area contributed by atoms with E-state index in [1.807, 2.05) is 30.3 Å². The van der Waals surface area contributed by atoms with E-state index in [2.05, 4.69) is 5.32 Å². The second-order valence-electron chi connectivity index (χ2n) is 4.44. The topological polar surface area (TPSA) is 58.6 Å². The van der Waals surface area contributed by atoms with Crippen LogP contribution in [0.15, 0.2) is 42.2 Å². The van der Waals surface area contributed by atoms with Crippen molar-refractivity contribution in [2.45, 2.75) is 6.42 Å². The van der Waals surface area contributed by atoms with Gasteiger partial charge in [-0.15, -0.1) is 0 Å². The average molecular weight is 243 g/mol. The Kier molecular flexibility index (Phi) is 2.55. The van der Waals surface area contributed by atoms with Crippen LogP contribution in [0.25, 0.3) is 5.70 Å². The Balaban J connectivity index is 2.04. The Bertz CT molecular complexity index is 560. The zero-order valence-corrected chi connectivity index (χ0v) is 9.72. The number of benzene rings is 1. The van der Waals surface area contributed by atoms with Crippen molar-refractivity contribution < 1.29 is 14.6 Å². The number of hydrogen-bond acceptors (Lipinski definition) is 3. The van der Waals surface area contributed by atoms with Crippen LogP contribution in [0, 0.1) is 5.92 Å². The Morgan fingerprint density at radius 3 is 3.06 bits per heavy atom. The van der Waals surface area contributed by atoms with E-state index < -0.39 is 5.97 Å². The van der Waals surface area contributed by atoms with E-state index in [0.717, 1.165) is 22.6 Å². The second-order valence-corrected chi connectivity index (χ2v) is 4.44. The Morgan fingerprint density at radius 2 is 2.22 bits per heavy atom. The molecular formula is C14H13NO3. The molecule has 0 saturated carbocycles. The van der Waals surface area contributed by atoms with Crippen LogP contribution < -0.4 is 10.1 Å². The lowest BCUT2D eigenvalue weighted by atomic mass is 9.91. The van der Waals surface area contributed by atoms with Gasteiger partial charge in [-0.25, -0.2) is 0 Å². The third kappa shape index (κ3) is 1.76. The van der Waals surface area contributed by atoms with Crippen molar-refractivity contribution in [1.82, 2.24) is 5.32 Å². The Morgan fingerprint density at radius 1 is 1.39 bits per heavy atom. The molecule has 2 aliphatic rings. The van der Waals surface area contributed by atoms with Gasteiger partial charge in [0.15, 0.2) is 0 Å². The van der Waals surface area contributed by atoms with Crippen LogP contribution in [0.4, 0.5) is 0 Å². The summed E-state index contributed by atoms with van der Waals surface area (Å²) in [6.45, 7) is 0.455. The molecule has 0 spiro atoms. The Hall–Kier alpha value is -2.23. The highest BCUT2D eigenvalue weighted by Crippen LogP contribution is 2.34. The van der Waals surface area contributed by atoms with Crippen LogP contribution >= 0.6 is 0 Å². The molecule has 0 aromatic heterocycles. The lowest BCUT2D eigenvalue weighted by Gasteiger charge is -2.25. The molecule has 2 N–H and O–H groups in total. The van der Waals surface area contributed by atoms with Crippen LogP contribution in [0.2, 0.25) is 0 Å². The van der Waals surface area contributed by atoms with Gasteiger partial charge in [-0.05, 0) is 30.2 Å². The van der Waals surface area contributed by atoms with Crippen molar-refractivity contribution in [2.24, 2.45) is 5.92 Å². The molecule has 4 heteroatoms. The van der Waals surface area contributed by atoms with Crippen LogP contribution in [0.5, 0.6) is 5.75 Å². The average Bonchev–Trinajstić information content (AvgIpc) is 2.57. The molecule has 1 unspecified atom stereocenters. The van der Waals surface area contributed by atoms with E-state index in [9.17, 15) is 4.79 Å². The van der Waals surface area contributed by atoms with Crippen LogP contribution in [-0.4, -0.2) is 17.6 Å². The zero-order valence-electron chi connectivity index (χ0n) is 9.72. The molecule has 1 aromatic carbocycles. The molecule has 0 saturated heterocycles. The molecule has 1 atom stereocenters. The summed E-state index contributed by atoms with van der Waals surface area (Å²) in [6, 6.07) is 7.75. The second kappa shape index (κ2) is 4.22. The van der Waals surface area contributed by atoms with Crippen molar-refractivity contribution in [3.05, 3.63) is 47.7 Å². The number of rotatable bonds is 1. The predicted octanol–water partition coefficient (Wildman–Crippen LogP) is 2.00.